The highest BCUT2D eigenvalue weighted by atomic mass is 16.6. The Morgan fingerprint density at radius 2 is 1.59 bits per heavy atom. The van der Waals surface area contributed by atoms with Gasteiger partial charge in [-0.25, -0.2) is 0 Å². The van der Waals surface area contributed by atoms with Crippen LogP contribution in [0.5, 0.6) is 0 Å². The van der Waals surface area contributed by atoms with E-state index in [0.29, 0.717) is 32.1 Å². The Morgan fingerprint density at radius 3 is 2.22 bits per heavy atom. The highest BCUT2D eigenvalue weighted by Crippen LogP contribution is 2.69. The standard InChI is InChI=1S/C29H46O8/c1-15(7-10-26(34)35-6)19-8-9-20-27-21(13-25(33)29(19,20)5)28(4)14-24(37-17(3)31)22(32)11-18(28)12-23(27)36-16(2)30/h15,18-25,27,32-33H,7-14H2,1-6H3/t15-,18+,19?,20+,21+,22+,23-,24-,25+,27+,28+,29-/m1/s1. The monoisotopic (exact) mass is 522 g/mol. The minimum absolute atomic E-state index is 0.0818. The molecule has 37 heavy (non-hydrogen) atoms. The second-order valence-electron chi connectivity index (χ2n) is 12.9. The normalized spacial score (nSPS) is 45.6. The van der Waals surface area contributed by atoms with Gasteiger partial charge in [0.2, 0.25) is 0 Å². The lowest BCUT2D eigenvalue weighted by molar-refractivity contribution is -0.229. The number of carbonyl (C=O) groups is 3. The molecular formula is C29H46O8. The predicted octanol–water partition coefficient (Wildman–Crippen LogP) is 3.65. The van der Waals surface area contributed by atoms with Crippen molar-refractivity contribution in [3.63, 3.8) is 0 Å². The second kappa shape index (κ2) is 10.5. The van der Waals surface area contributed by atoms with Crippen molar-refractivity contribution in [3.05, 3.63) is 0 Å². The highest BCUT2D eigenvalue weighted by Gasteiger charge is 2.67. The maximum Gasteiger partial charge on any atom is 0.305 e. The van der Waals surface area contributed by atoms with Gasteiger partial charge in [-0.2, -0.15) is 0 Å². The van der Waals surface area contributed by atoms with Crippen LogP contribution in [0.2, 0.25) is 0 Å². The van der Waals surface area contributed by atoms with Crippen molar-refractivity contribution in [2.24, 2.45) is 46.3 Å². The predicted molar refractivity (Wildman–Crippen MR) is 135 cm³/mol. The third-order valence-electron chi connectivity index (χ3n) is 11.2. The number of aliphatic hydroxyl groups excluding tert-OH is 2. The van der Waals surface area contributed by atoms with E-state index < -0.39 is 24.3 Å². The fourth-order valence-electron chi connectivity index (χ4n) is 9.44. The van der Waals surface area contributed by atoms with E-state index in [1.165, 1.54) is 21.0 Å². The van der Waals surface area contributed by atoms with Gasteiger partial charge in [0.15, 0.2) is 0 Å². The fraction of sp³-hybridized carbons (Fsp3) is 0.897. The molecule has 4 fully saturated rings. The van der Waals surface area contributed by atoms with Gasteiger partial charge in [-0.15, -0.1) is 0 Å². The zero-order valence-electron chi connectivity index (χ0n) is 23.3. The Balaban J connectivity index is 1.66. The molecule has 0 radical (unpaired) electrons. The number of fused-ring (bicyclic) bond motifs is 5. The van der Waals surface area contributed by atoms with E-state index in [0.717, 1.165) is 19.3 Å². The number of hydrogen-bond donors (Lipinski definition) is 2. The summed E-state index contributed by atoms with van der Waals surface area (Å²) in [5.74, 6) is 0.0471. The van der Waals surface area contributed by atoms with Crippen molar-refractivity contribution in [1.29, 1.82) is 0 Å². The second-order valence-corrected chi connectivity index (χ2v) is 12.9. The molecule has 4 rings (SSSR count). The van der Waals surface area contributed by atoms with E-state index in [1.54, 1.807) is 0 Å². The Bertz CT molecular complexity index is 889. The summed E-state index contributed by atoms with van der Waals surface area (Å²) in [6, 6.07) is 0. The maximum atomic E-state index is 12.2. The zero-order chi connectivity index (χ0) is 27.3. The van der Waals surface area contributed by atoms with Gasteiger partial charge in [0.1, 0.15) is 12.2 Å². The van der Waals surface area contributed by atoms with Gasteiger partial charge < -0.3 is 24.4 Å². The van der Waals surface area contributed by atoms with Crippen molar-refractivity contribution in [2.45, 2.75) is 110 Å². The quantitative estimate of drug-likeness (QED) is 0.401. The summed E-state index contributed by atoms with van der Waals surface area (Å²) in [4.78, 5) is 35.8. The van der Waals surface area contributed by atoms with Crippen LogP contribution in [-0.2, 0) is 28.6 Å². The molecule has 0 spiro atoms. The summed E-state index contributed by atoms with van der Waals surface area (Å²) in [5, 5.41) is 22.6. The van der Waals surface area contributed by atoms with Crippen molar-refractivity contribution in [2.75, 3.05) is 7.11 Å². The third kappa shape index (κ3) is 4.93. The average Bonchev–Trinajstić information content (AvgIpc) is 3.17. The number of hydrogen-bond acceptors (Lipinski definition) is 8. The minimum Gasteiger partial charge on any atom is -0.469 e. The molecule has 4 aliphatic carbocycles. The van der Waals surface area contributed by atoms with Gasteiger partial charge in [-0.05, 0) is 85.4 Å². The zero-order valence-corrected chi connectivity index (χ0v) is 23.3. The smallest absolute Gasteiger partial charge is 0.305 e. The Hall–Kier alpha value is -1.67. The molecule has 0 aromatic rings. The van der Waals surface area contributed by atoms with Crippen LogP contribution in [0.1, 0.15) is 86.0 Å². The highest BCUT2D eigenvalue weighted by molar-refractivity contribution is 5.69. The average molecular weight is 523 g/mol. The molecule has 4 saturated carbocycles. The first-order valence-corrected chi connectivity index (χ1v) is 14.1. The number of carbonyl (C=O) groups excluding carboxylic acids is 3. The lowest BCUT2D eigenvalue weighted by atomic mass is 9.42. The molecule has 0 bridgehead atoms. The van der Waals surface area contributed by atoms with Crippen LogP contribution in [0, 0.1) is 46.3 Å². The molecule has 0 aromatic heterocycles. The van der Waals surface area contributed by atoms with E-state index in [4.69, 9.17) is 14.2 Å². The summed E-state index contributed by atoms with van der Waals surface area (Å²) < 4.78 is 16.4. The van der Waals surface area contributed by atoms with Crippen LogP contribution in [0.3, 0.4) is 0 Å². The van der Waals surface area contributed by atoms with E-state index >= 15 is 0 Å². The lowest BCUT2D eigenvalue weighted by Gasteiger charge is -2.64. The van der Waals surface area contributed by atoms with E-state index in [9.17, 15) is 24.6 Å². The number of esters is 3. The van der Waals surface area contributed by atoms with Crippen LogP contribution in [0.4, 0.5) is 0 Å². The molecule has 0 amide bonds. The molecule has 4 aliphatic rings. The van der Waals surface area contributed by atoms with Gasteiger partial charge in [0.25, 0.3) is 0 Å². The largest absolute Gasteiger partial charge is 0.469 e. The molecule has 8 heteroatoms. The van der Waals surface area contributed by atoms with Gasteiger partial charge in [0, 0.05) is 26.2 Å². The van der Waals surface area contributed by atoms with Gasteiger partial charge in [-0.1, -0.05) is 20.8 Å². The first-order chi connectivity index (χ1) is 17.3. The third-order valence-corrected chi connectivity index (χ3v) is 11.2. The Kier molecular flexibility index (Phi) is 8.03. The molecular weight excluding hydrogens is 476 g/mol. The van der Waals surface area contributed by atoms with Crippen LogP contribution in [0.25, 0.3) is 0 Å². The summed E-state index contributed by atoms with van der Waals surface area (Å²) >= 11 is 0. The lowest BCUT2D eigenvalue weighted by Crippen LogP contribution is -2.64. The number of rotatable bonds is 6. The fourth-order valence-corrected chi connectivity index (χ4v) is 9.44. The van der Waals surface area contributed by atoms with Gasteiger partial charge in [-0.3, -0.25) is 14.4 Å². The van der Waals surface area contributed by atoms with E-state index in [1.807, 2.05) is 0 Å². The molecule has 0 aromatic carbocycles. The summed E-state index contributed by atoms with van der Waals surface area (Å²) in [7, 11) is 1.41. The first kappa shape index (κ1) is 28.3. The van der Waals surface area contributed by atoms with Crippen molar-refractivity contribution in [1.82, 2.24) is 0 Å². The van der Waals surface area contributed by atoms with E-state index in [-0.39, 0.29) is 64.4 Å². The van der Waals surface area contributed by atoms with Crippen molar-refractivity contribution >= 4 is 17.9 Å². The van der Waals surface area contributed by atoms with Crippen LogP contribution in [0.15, 0.2) is 0 Å². The van der Waals surface area contributed by atoms with E-state index in [2.05, 4.69) is 20.8 Å². The Labute approximate surface area is 220 Å². The van der Waals surface area contributed by atoms with Crippen molar-refractivity contribution < 1.29 is 38.8 Å². The molecule has 1 unspecified atom stereocenters. The van der Waals surface area contributed by atoms with Gasteiger partial charge >= 0.3 is 17.9 Å². The molecule has 0 aliphatic heterocycles. The first-order valence-electron chi connectivity index (χ1n) is 14.1. The molecule has 8 nitrogen and oxygen atoms in total. The molecule has 210 valence electrons. The Morgan fingerprint density at radius 1 is 0.946 bits per heavy atom. The summed E-state index contributed by atoms with van der Waals surface area (Å²) in [5.41, 5.74) is -0.598. The number of aliphatic hydroxyl groups is 2. The molecule has 0 heterocycles. The molecule has 12 atom stereocenters. The SMILES string of the molecule is COC(=O)CC[C@@H](C)C1CC[C@H]2[C@@H]3[C@H](OC(C)=O)C[C@@H]4C[C@H](O)[C@H](OC(C)=O)C[C@]4(C)[C@H]3C[C@H](O)[C@]12C. The number of methoxy groups -OCH3 is 1. The van der Waals surface area contributed by atoms with Crippen LogP contribution in [-0.4, -0.2) is 59.6 Å². The maximum absolute atomic E-state index is 12.2. The van der Waals surface area contributed by atoms with Crippen LogP contribution >= 0.6 is 0 Å². The van der Waals surface area contributed by atoms with Crippen LogP contribution < -0.4 is 0 Å². The molecule has 0 saturated heterocycles. The summed E-state index contributed by atoms with van der Waals surface area (Å²) in [6.45, 7) is 9.43. The topological polar surface area (TPSA) is 119 Å². The summed E-state index contributed by atoms with van der Waals surface area (Å²) in [6.07, 6.45) is 3.18. The van der Waals surface area contributed by atoms with Crippen molar-refractivity contribution in [3.8, 4) is 0 Å². The van der Waals surface area contributed by atoms with Gasteiger partial charge in [0.05, 0.1) is 19.3 Å². The molecule has 2 N–H and O–H groups in total. The number of ether oxygens (including phenoxy) is 3. The minimum atomic E-state index is -0.748.